The minimum Gasteiger partial charge on any atom is -1.00 e. The summed E-state index contributed by atoms with van der Waals surface area (Å²) in [4.78, 5) is 0. The van der Waals surface area contributed by atoms with Gasteiger partial charge in [-0.3, -0.25) is 0 Å². The summed E-state index contributed by atoms with van der Waals surface area (Å²) in [5, 5.41) is 0. The van der Waals surface area contributed by atoms with E-state index in [1.165, 1.54) is 300 Å². The lowest BCUT2D eigenvalue weighted by Gasteiger charge is -2.40. The predicted molar refractivity (Wildman–Crippen MR) is 236 cm³/mol. The third-order valence-electron chi connectivity index (χ3n) is 12.4. The topological polar surface area (TPSA) is 0 Å². The van der Waals surface area contributed by atoms with Gasteiger partial charge in [0.15, 0.2) is 0 Å². The molecule has 0 radical (unpaired) electrons. The Kier molecular flexibility index (Phi) is 49.5. The monoisotopic (exact) mass is 754 g/mol. The lowest BCUT2D eigenvalue weighted by atomic mass is 10.0. The number of hydrogen-bond donors (Lipinski definition) is 0. The normalized spacial score (nSPS) is 11.8. The summed E-state index contributed by atoms with van der Waals surface area (Å²) in [6, 6.07) is 0. The molecule has 0 aromatic heterocycles. The zero-order valence-electron chi connectivity index (χ0n) is 37.4. The zero-order valence-corrected chi connectivity index (χ0v) is 38.1. The van der Waals surface area contributed by atoms with E-state index < -0.39 is 0 Å². The summed E-state index contributed by atoms with van der Waals surface area (Å²) in [6.45, 7) is 15.3. The molecule has 0 amide bonds. The highest BCUT2D eigenvalue weighted by Gasteiger charge is 2.25. The van der Waals surface area contributed by atoms with E-state index in [0.29, 0.717) is 0 Å². The molecular formula is C50H104ClN. The van der Waals surface area contributed by atoms with Gasteiger partial charge in [0, 0.05) is 0 Å². The van der Waals surface area contributed by atoms with Crippen LogP contribution in [0.25, 0.3) is 0 Å². The van der Waals surface area contributed by atoms with Crippen molar-refractivity contribution >= 4 is 0 Å². The fraction of sp³-hybridized carbons (Fsp3) is 1.00. The Morgan fingerprint density at radius 1 is 0.173 bits per heavy atom. The van der Waals surface area contributed by atoms with Gasteiger partial charge >= 0.3 is 0 Å². The van der Waals surface area contributed by atoms with E-state index in [2.05, 4.69) is 27.7 Å². The van der Waals surface area contributed by atoms with Crippen molar-refractivity contribution in [2.45, 2.75) is 297 Å². The smallest absolute Gasteiger partial charge is 0.0786 e. The molecule has 2 heteroatoms. The summed E-state index contributed by atoms with van der Waals surface area (Å²) in [7, 11) is 0. The fourth-order valence-corrected chi connectivity index (χ4v) is 8.76. The molecule has 0 saturated heterocycles. The molecule has 0 spiro atoms. The minimum atomic E-state index is 0. The van der Waals surface area contributed by atoms with Crippen molar-refractivity contribution in [2.75, 3.05) is 26.2 Å². The van der Waals surface area contributed by atoms with E-state index in [9.17, 15) is 0 Å². The van der Waals surface area contributed by atoms with Gasteiger partial charge in [-0.15, -0.1) is 0 Å². The van der Waals surface area contributed by atoms with Gasteiger partial charge in [-0.1, -0.05) is 246 Å². The summed E-state index contributed by atoms with van der Waals surface area (Å²) in [5.41, 5.74) is 0. The molecule has 0 bridgehead atoms. The van der Waals surface area contributed by atoms with Crippen molar-refractivity contribution in [2.24, 2.45) is 0 Å². The average molecular weight is 755 g/mol. The number of nitrogens with zero attached hydrogens (tertiary/aromatic N) is 1. The zero-order chi connectivity index (χ0) is 37.0. The molecule has 0 aromatic carbocycles. The van der Waals surface area contributed by atoms with Crippen LogP contribution in [0.3, 0.4) is 0 Å². The van der Waals surface area contributed by atoms with Crippen LogP contribution < -0.4 is 12.4 Å². The maximum atomic E-state index is 2.37. The Balaban J connectivity index is 0. The second kappa shape index (κ2) is 47.4. The van der Waals surface area contributed by atoms with Crippen LogP contribution >= 0.6 is 0 Å². The number of halogens is 1. The molecule has 0 heterocycles. The van der Waals surface area contributed by atoms with Crippen molar-refractivity contribution in [1.29, 1.82) is 0 Å². The van der Waals surface area contributed by atoms with Crippen LogP contribution in [0.2, 0.25) is 0 Å². The molecule has 0 aromatic rings. The van der Waals surface area contributed by atoms with Gasteiger partial charge in [0.05, 0.1) is 26.2 Å². The Bertz CT molecular complexity index is 553. The Labute approximate surface area is 339 Å². The van der Waals surface area contributed by atoms with Crippen molar-refractivity contribution in [1.82, 2.24) is 0 Å². The van der Waals surface area contributed by atoms with Crippen LogP contribution in [0.15, 0.2) is 0 Å². The Morgan fingerprint density at radius 3 is 0.423 bits per heavy atom. The van der Waals surface area contributed by atoms with Crippen molar-refractivity contribution in [3.05, 3.63) is 0 Å². The van der Waals surface area contributed by atoms with E-state index in [0.717, 1.165) is 0 Å². The molecule has 0 fully saturated rings. The molecule has 0 aliphatic heterocycles. The molecule has 0 rings (SSSR count). The minimum absolute atomic E-state index is 0. The third-order valence-corrected chi connectivity index (χ3v) is 12.4. The molecule has 1 nitrogen and oxygen atoms in total. The molecule has 0 atom stereocenters. The van der Waals surface area contributed by atoms with Gasteiger partial charge in [-0.2, -0.15) is 0 Å². The van der Waals surface area contributed by atoms with E-state index in [4.69, 9.17) is 0 Å². The van der Waals surface area contributed by atoms with Crippen molar-refractivity contribution in [3.63, 3.8) is 0 Å². The van der Waals surface area contributed by atoms with E-state index >= 15 is 0 Å². The number of rotatable bonds is 46. The number of unbranched alkanes of at least 4 members (excludes halogenated alkanes) is 38. The summed E-state index contributed by atoms with van der Waals surface area (Å²) in [6.07, 6.45) is 61.7. The van der Waals surface area contributed by atoms with Crippen molar-refractivity contribution < 1.29 is 16.9 Å². The number of hydrogen-bond acceptors (Lipinski definition) is 0. The van der Waals surface area contributed by atoms with Crippen LogP contribution in [0.5, 0.6) is 0 Å². The maximum absolute atomic E-state index is 2.37. The molecule has 0 saturated carbocycles. The van der Waals surface area contributed by atoms with E-state index in [1.54, 1.807) is 0 Å². The largest absolute Gasteiger partial charge is 1.00 e. The van der Waals surface area contributed by atoms with Crippen molar-refractivity contribution in [3.8, 4) is 0 Å². The molecule has 0 aliphatic carbocycles. The molecular weight excluding hydrogens is 650 g/mol. The summed E-state index contributed by atoms with van der Waals surface area (Å²) < 4.78 is 1.48. The van der Waals surface area contributed by atoms with E-state index in [1.807, 2.05) is 0 Å². The lowest BCUT2D eigenvalue weighted by Crippen LogP contribution is -3.00. The highest BCUT2D eigenvalue weighted by molar-refractivity contribution is 4.56. The van der Waals surface area contributed by atoms with Gasteiger partial charge in [-0.05, 0) is 51.4 Å². The molecule has 0 N–H and O–H groups in total. The van der Waals surface area contributed by atoms with Crippen LogP contribution in [0.4, 0.5) is 0 Å². The standard InChI is InChI=1S/C50H104N.ClH/c1-5-9-13-17-19-21-23-25-27-29-31-33-35-37-41-45-49-51(47-43-39-15-11-7-3,48-44-40-16-12-8-4)50-46-42-38-36-34-32-30-28-26-24-22-20-18-14-10-6-2;/h5-50H2,1-4H3;1H/q+1;/p-1. The SMILES string of the molecule is CCCCCCCCCCCCCCCCCC[N+](CCCCCCC)(CCCCCCC)CCCCCCCCCCCCCCCCCC.[Cl-]. The first-order valence-corrected chi connectivity index (χ1v) is 25.1. The maximum Gasteiger partial charge on any atom is 0.0786 e. The lowest BCUT2D eigenvalue weighted by molar-refractivity contribution is -0.929. The quantitative estimate of drug-likeness (QED) is 0.0429. The van der Waals surface area contributed by atoms with Crippen LogP contribution in [-0.4, -0.2) is 30.7 Å². The Hall–Kier alpha value is 0.250. The first-order valence-electron chi connectivity index (χ1n) is 25.1. The van der Waals surface area contributed by atoms with E-state index in [-0.39, 0.29) is 12.4 Å². The highest BCUT2D eigenvalue weighted by atomic mass is 35.5. The first-order chi connectivity index (χ1) is 25.2. The van der Waals surface area contributed by atoms with Gasteiger partial charge in [0.2, 0.25) is 0 Å². The second-order valence-electron chi connectivity index (χ2n) is 17.7. The third kappa shape index (κ3) is 41.4. The molecule has 0 aliphatic rings. The molecule has 316 valence electrons. The molecule has 0 unspecified atom stereocenters. The van der Waals surface area contributed by atoms with Crippen LogP contribution in [0.1, 0.15) is 297 Å². The van der Waals surface area contributed by atoms with Crippen LogP contribution in [-0.2, 0) is 0 Å². The Morgan fingerprint density at radius 2 is 0.288 bits per heavy atom. The van der Waals surface area contributed by atoms with Gasteiger partial charge in [0.25, 0.3) is 0 Å². The number of quaternary nitrogens is 1. The average Bonchev–Trinajstić information content (AvgIpc) is 3.14. The van der Waals surface area contributed by atoms with Gasteiger partial charge in [0.1, 0.15) is 0 Å². The second-order valence-corrected chi connectivity index (χ2v) is 17.7. The van der Waals surface area contributed by atoms with Gasteiger partial charge < -0.3 is 16.9 Å². The highest BCUT2D eigenvalue weighted by Crippen LogP contribution is 2.21. The fourth-order valence-electron chi connectivity index (χ4n) is 8.76. The first kappa shape index (κ1) is 54.4. The predicted octanol–water partition coefficient (Wildman–Crippen LogP) is 15.3. The summed E-state index contributed by atoms with van der Waals surface area (Å²) in [5.74, 6) is 0. The van der Waals surface area contributed by atoms with Crippen LogP contribution in [0, 0.1) is 0 Å². The van der Waals surface area contributed by atoms with Gasteiger partial charge in [-0.25, -0.2) is 0 Å². The molecule has 52 heavy (non-hydrogen) atoms. The summed E-state index contributed by atoms with van der Waals surface area (Å²) >= 11 is 0.